The van der Waals surface area contributed by atoms with E-state index in [4.69, 9.17) is 20.5 Å². The molecule has 10 heavy (non-hydrogen) atoms. The van der Waals surface area contributed by atoms with E-state index in [2.05, 4.69) is 19.6 Å². The van der Waals surface area contributed by atoms with E-state index in [1.807, 2.05) is 6.92 Å². The monoisotopic (exact) mass is 197 g/mol. The lowest BCUT2D eigenvalue weighted by Crippen LogP contribution is -2.21. The summed E-state index contributed by atoms with van der Waals surface area (Å²) in [6.45, 7) is 8.89. The molecule has 0 spiro atoms. The second-order valence-electron chi connectivity index (χ2n) is 2.85. The summed E-state index contributed by atoms with van der Waals surface area (Å²) in [6, 6.07) is 0. The van der Waals surface area contributed by atoms with E-state index < -0.39 is 15.5 Å². The summed E-state index contributed by atoms with van der Waals surface area (Å²) in [4.78, 5) is 0. The molecule has 0 radical (unpaired) electrons. The Morgan fingerprint density at radius 1 is 1.40 bits per heavy atom. The lowest BCUT2D eigenvalue weighted by Gasteiger charge is -2.05. The van der Waals surface area contributed by atoms with Gasteiger partial charge in [0, 0.05) is 0 Å². The summed E-state index contributed by atoms with van der Waals surface area (Å²) in [5, 5.41) is 0. The quantitative estimate of drug-likeness (QED) is 0.510. The van der Waals surface area contributed by atoms with Crippen molar-refractivity contribution in [2.45, 2.75) is 26.6 Å². The van der Waals surface area contributed by atoms with E-state index in [0.717, 1.165) is 0 Å². The van der Waals surface area contributed by atoms with Crippen LogP contribution >= 0.6 is 7.15 Å². The molecule has 0 rings (SSSR count). The normalized spacial score (nSPS) is 13.4. The third-order valence-corrected chi connectivity index (χ3v) is 4.83. The SMILES string of the molecule is CCO[P+](=S)O[Si](C)(C)C. The molecule has 0 aromatic carbocycles. The molecule has 0 heterocycles. The third kappa shape index (κ3) is 6.77. The molecule has 1 unspecified atom stereocenters. The lowest BCUT2D eigenvalue weighted by molar-refractivity contribution is 0.348. The van der Waals surface area contributed by atoms with Crippen LogP contribution in [0.3, 0.4) is 0 Å². The van der Waals surface area contributed by atoms with Gasteiger partial charge in [0.1, 0.15) is 6.61 Å². The maximum Gasteiger partial charge on any atom is 0.509 e. The van der Waals surface area contributed by atoms with Crippen LogP contribution < -0.4 is 0 Å². The second kappa shape index (κ2) is 4.52. The van der Waals surface area contributed by atoms with Gasteiger partial charge in [0.25, 0.3) is 8.32 Å². The van der Waals surface area contributed by atoms with Crippen molar-refractivity contribution in [2.24, 2.45) is 0 Å². The first-order valence-corrected chi connectivity index (χ1v) is 8.85. The Balaban J connectivity index is 3.58. The van der Waals surface area contributed by atoms with E-state index in [0.29, 0.717) is 6.61 Å². The van der Waals surface area contributed by atoms with Gasteiger partial charge in [-0.2, -0.15) is 4.21 Å². The van der Waals surface area contributed by atoms with Crippen molar-refractivity contribution in [2.75, 3.05) is 6.61 Å². The molecule has 0 aliphatic heterocycles. The maximum atomic E-state index is 5.47. The Hall–Kier alpha value is 0.657. The topological polar surface area (TPSA) is 18.5 Å². The standard InChI is InChI=1S/C5H14O2PSSi/c1-5-6-8(9)7-10(2,3)4/h5H2,1-4H3/q+1. The Morgan fingerprint density at radius 3 is 2.20 bits per heavy atom. The third-order valence-electron chi connectivity index (χ3n) is 0.583. The van der Waals surface area contributed by atoms with Gasteiger partial charge in [-0.25, -0.2) is 0 Å². The first kappa shape index (κ1) is 10.7. The van der Waals surface area contributed by atoms with E-state index in [1.54, 1.807) is 0 Å². The maximum absolute atomic E-state index is 5.47. The van der Waals surface area contributed by atoms with Gasteiger partial charge in [-0.3, -0.25) is 0 Å². The van der Waals surface area contributed by atoms with Crippen molar-refractivity contribution in [3.05, 3.63) is 0 Å². The summed E-state index contributed by atoms with van der Waals surface area (Å²) in [7, 11) is -2.48. The zero-order chi connectivity index (χ0) is 8.20. The van der Waals surface area contributed by atoms with Gasteiger partial charge in [-0.1, -0.05) is 0 Å². The summed E-state index contributed by atoms with van der Waals surface area (Å²) >= 11 is 4.94. The average molecular weight is 197 g/mol. The van der Waals surface area contributed by atoms with Gasteiger partial charge in [-0.15, -0.1) is 4.52 Å². The van der Waals surface area contributed by atoms with Crippen LogP contribution in [0.25, 0.3) is 0 Å². The highest BCUT2D eigenvalue weighted by Gasteiger charge is 2.27. The van der Waals surface area contributed by atoms with E-state index in [1.165, 1.54) is 0 Å². The van der Waals surface area contributed by atoms with Gasteiger partial charge in [-0.05, 0) is 26.6 Å². The highest BCUT2D eigenvalue weighted by molar-refractivity contribution is 8.01. The summed E-state index contributed by atoms with van der Waals surface area (Å²) in [5.41, 5.74) is 0. The molecule has 0 saturated heterocycles. The van der Waals surface area contributed by atoms with Crippen LogP contribution in [0.1, 0.15) is 6.92 Å². The highest BCUT2D eigenvalue weighted by atomic mass is 32.4. The van der Waals surface area contributed by atoms with Crippen molar-refractivity contribution in [3.63, 3.8) is 0 Å². The minimum absolute atomic E-state index is 0.652. The van der Waals surface area contributed by atoms with Crippen molar-refractivity contribution >= 4 is 27.3 Å². The molecule has 1 atom stereocenters. The van der Waals surface area contributed by atoms with Crippen LogP contribution in [0.4, 0.5) is 0 Å². The summed E-state index contributed by atoms with van der Waals surface area (Å²) in [5.74, 6) is 0. The molecule has 0 aromatic heterocycles. The van der Waals surface area contributed by atoms with Gasteiger partial charge >= 0.3 is 7.15 Å². The smallest absolute Gasteiger partial charge is 0.198 e. The minimum atomic E-state index is -1.46. The molecule has 0 N–H and O–H groups in total. The number of rotatable bonds is 4. The molecule has 2 nitrogen and oxygen atoms in total. The Morgan fingerprint density at radius 2 is 1.90 bits per heavy atom. The van der Waals surface area contributed by atoms with Crippen LogP contribution in [0.15, 0.2) is 0 Å². The van der Waals surface area contributed by atoms with Crippen molar-refractivity contribution in [1.29, 1.82) is 0 Å². The zero-order valence-corrected chi connectivity index (χ0v) is 9.59. The van der Waals surface area contributed by atoms with Crippen LogP contribution in [-0.2, 0) is 20.5 Å². The highest BCUT2D eigenvalue weighted by Crippen LogP contribution is 2.28. The van der Waals surface area contributed by atoms with Gasteiger partial charge in [0.2, 0.25) is 11.8 Å². The first-order chi connectivity index (χ1) is 4.45. The second-order valence-corrected chi connectivity index (χ2v) is 9.40. The van der Waals surface area contributed by atoms with E-state index >= 15 is 0 Å². The Labute approximate surface area is 69.6 Å². The fourth-order valence-electron chi connectivity index (χ4n) is 0.355. The average Bonchev–Trinajstić information content (AvgIpc) is 1.59. The number of hydrogen-bond acceptors (Lipinski definition) is 3. The molecular formula is C5H14O2PSSi+. The fraction of sp³-hybridized carbons (Fsp3) is 1.00. The zero-order valence-electron chi connectivity index (χ0n) is 6.88. The summed E-state index contributed by atoms with van der Waals surface area (Å²) < 4.78 is 10.6. The summed E-state index contributed by atoms with van der Waals surface area (Å²) in [6.07, 6.45) is 0. The van der Waals surface area contributed by atoms with Crippen LogP contribution in [0, 0.1) is 0 Å². The molecule has 0 bridgehead atoms. The van der Waals surface area contributed by atoms with Crippen LogP contribution in [0.5, 0.6) is 0 Å². The van der Waals surface area contributed by atoms with Crippen molar-refractivity contribution < 1.29 is 8.74 Å². The lowest BCUT2D eigenvalue weighted by atomic mass is 10.9. The van der Waals surface area contributed by atoms with Crippen LogP contribution in [0.2, 0.25) is 19.6 Å². The fourth-order valence-corrected chi connectivity index (χ4v) is 4.89. The van der Waals surface area contributed by atoms with Crippen molar-refractivity contribution in [1.82, 2.24) is 0 Å². The molecule has 0 saturated carbocycles. The van der Waals surface area contributed by atoms with Gasteiger partial charge in [0.15, 0.2) is 0 Å². The molecule has 0 aliphatic carbocycles. The van der Waals surface area contributed by atoms with E-state index in [-0.39, 0.29) is 0 Å². The Bertz CT molecular complexity index is 123. The first-order valence-electron chi connectivity index (χ1n) is 3.25. The van der Waals surface area contributed by atoms with Crippen molar-refractivity contribution in [3.8, 4) is 0 Å². The van der Waals surface area contributed by atoms with Gasteiger partial charge in [0.05, 0.1) is 0 Å². The van der Waals surface area contributed by atoms with E-state index in [9.17, 15) is 0 Å². The number of hydrogen-bond donors (Lipinski definition) is 0. The largest absolute Gasteiger partial charge is 0.509 e. The minimum Gasteiger partial charge on any atom is -0.198 e. The predicted octanol–water partition coefficient (Wildman–Crippen LogP) is 2.65. The molecule has 0 fully saturated rings. The molecule has 0 amide bonds. The molecule has 5 heteroatoms. The van der Waals surface area contributed by atoms with Gasteiger partial charge < -0.3 is 0 Å². The predicted molar refractivity (Wildman–Crippen MR) is 50.3 cm³/mol. The molecule has 60 valence electrons. The Kier molecular flexibility index (Phi) is 4.81. The molecular weight excluding hydrogens is 183 g/mol. The molecule has 0 aromatic rings. The molecule has 0 aliphatic rings. The van der Waals surface area contributed by atoms with Crippen LogP contribution in [-0.4, -0.2) is 14.9 Å².